The molecule has 1 atom stereocenters. The van der Waals surface area contributed by atoms with Gasteiger partial charge in [0, 0.05) is 40.1 Å². The molecule has 1 aliphatic carbocycles. The highest BCUT2D eigenvalue weighted by atomic mass is 32.2. The number of amides is 1. The van der Waals surface area contributed by atoms with Crippen LogP contribution in [0, 0.1) is 5.21 Å². The molecule has 2 aromatic carbocycles. The van der Waals surface area contributed by atoms with Gasteiger partial charge >= 0.3 is 0 Å². The second-order valence-electron chi connectivity index (χ2n) is 6.58. The summed E-state index contributed by atoms with van der Waals surface area (Å²) in [6, 6.07) is 16.4. The number of rotatable bonds is 4. The zero-order valence-electron chi connectivity index (χ0n) is 15.4. The van der Waals surface area contributed by atoms with Crippen molar-refractivity contribution in [1.29, 1.82) is 0 Å². The maximum absolute atomic E-state index is 12.8. The summed E-state index contributed by atoms with van der Waals surface area (Å²) in [6.45, 7) is 1.69. The lowest BCUT2D eigenvalue weighted by Crippen LogP contribution is -2.30. The lowest BCUT2D eigenvalue weighted by atomic mass is 9.84. The van der Waals surface area contributed by atoms with Gasteiger partial charge in [-0.05, 0) is 43.0 Å². The molecule has 1 N–H and O–H groups in total. The molecule has 0 fully saturated rings. The van der Waals surface area contributed by atoms with Crippen molar-refractivity contribution in [2.75, 3.05) is 5.32 Å². The number of thioether (sulfide) groups is 1. The van der Waals surface area contributed by atoms with Crippen molar-refractivity contribution >= 4 is 34.9 Å². The van der Waals surface area contributed by atoms with E-state index in [4.69, 9.17) is 0 Å². The highest BCUT2D eigenvalue weighted by Gasteiger charge is 2.29. The van der Waals surface area contributed by atoms with Crippen LogP contribution in [0.1, 0.15) is 38.8 Å². The topological polar surface area (TPSA) is 90.2 Å². The Morgan fingerprint density at radius 1 is 0.931 bits per heavy atom. The molecule has 144 valence electrons. The van der Waals surface area contributed by atoms with Crippen molar-refractivity contribution in [3.63, 3.8) is 0 Å². The quantitative estimate of drug-likeness (QED) is 0.320. The Bertz CT molecular complexity index is 1160. The molecule has 0 radical (unpaired) electrons. The molecule has 4 rings (SSSR count). The maximum atomic E-state index is 12.8. The first-order valence-corrected chi connectivity index (χ1v) is 9.82. The summed E-state index contributed by atoms with van der Waals surface area (Å²) in [5.74, 6) is -0.764. The van der Waals surface area contributed by atoms with Gasteiger partial charge in [-0.15, -0.1) is 0 Å². The summed E-state index contributed by atoms with van der Waals surface area (Å²) < 4.78 is 0.703. The number of aromatic nitrogens is 1. The predicted molar refractivity (Wildman–Crippen MR) is 109 cm³/mol. The number of nitrogens with zero attached hydrogens (tertiary/aromatic N) is 1. The van der Waals surface area contributed by atoms with E-state index < -0.39 is 5.25 Å². The number of fused-ring (bicyclic) bond motifs is 2. The summed E-state index contributed by atoms with van der Waals surface area (Å²) in [4.78, 5) is 38.0. The fourth-order valence-electron chi connectivity index (χ4n) is 3.16. The van der Waals surface area contributed by atoms with E-state index in [0.717, 1.165) is 11.8 Å². The van der Waals surface area contributed by atoms with Crippen LogP contribution in [0.25, 0.3) is 0 Å². The highest BCUT2D eigenvalue weighted by Crippen LogP contribution is 2.29. The third kappa shape index (κ3) is 3.52. The molecule has 1 aromatic heterocycles. The standard InChI is InChI=1S/C22H16N2O4S/c1-13(29-19-8-4-5-11-24(19)28)22(27)23-14-9-10-17-18(12-14)21(26)16-7-3-2-6-15(16)20(17)25/h2-13H,1H3,(H,23,27)/t13-/m0/s1. The monoisotopic (exact) mass is 404 g/mol. The van der Waals surface area contributed by atoms with E-state index in [1.54, 1.807) is 61.5 Å². The van der Waals surface area contributed by atoms with Gasteiger partial charge in [-0.1, -0.05) is 24.3 Å². The summed E-state index contributed by atoms with van der Waals surface area (Å²) in [6.07, 6.45) is 1.37. The minimum absolute atomic E-state index is 0.207. The van der Waals surface area contributed by atoms with E-state index in [2.05, 4.69) is 5.32 Å². The summed E-state index contributed by atoms with van der Waals surface area (Å²) in [7, 11) is 0. The van der Waals surface area contributed by atoms with Gasteiger partial charge in [0.25, 0.3) is 5.03 Å². The number of benzene rings is 2. The number of anilines is 1. The average Bonchev–Trinajstić information content (AvgIpc) is 2.73. The van der Waals surface area contributed by atoms with E-state index in [1.807, 2.05) is 0 Å². The van der Waals surface area contributed by atoms with Crippen LogP contribution in [0.4, 0.5) is 5.69 Å². The zero-order chi connectivity index (χ0) is 20.5. The first-order chi connectivity index (χ1) is 14.0. The number of pyridine rings is 1. The lowest BCUT2D eigenvalue weighted by molar-refractivity contribution is -0.645. The fourth-order valence-corrected chi connectivity index (χ4v) is 4.01. The van der Waals surface area contributed by atoms with E-state index in [9.17, 15) is 19.6 Å². The number of hydrogen-bond donors (Lipinski definition) is 1. The summed E-state index contributed by atoms with van der Waals surface area (Å²) in [5.41, 5.74) is 1.77. The molecule has 0 spiro atoms. The van der Waals surface area contributed by atoms with E-state index in [0.29, 0.717) is 32.1 Å². The molecule has 0 saturated carbocycles. The number of carbonyl (C=O) groups is 3. The zero-order valence-corrected chi connectivity index (χ0v) is 16.2. The SMILES string of the molecule is C[C@H](Sc1cccc[n+]1[O-])C(=O)Nc1ccc2c(c1)C(=O)c1ccccc1C2=O. The van der Waals surface area contributed by atoms with Crippen LogP contribution >= 0.6 is 11.8 Å². The van der Waals surface area contributed by atoms with Crippen LogP contribution < -0.4 is 10.0 Å². The van der Waals surface area contributed by atoms with Gasteiger partial charge in [0.05, 0.1) is 5.25 Å². The van der Waals surface area contributed by atoms with Crippen molar-refractivity contribution in [3.05, 3.63) is 94.3 Å². The van der Waals surface area contributed by atoms with Crippen LogP contribution in [-0.2, 0) is 4.79 Å². The van der Waals surface area contributed by atoms with E-state index >= 15 is 0 Å². The van der Waals surface area contributed by atoms with Crippen LogP contribution in [0.3, 0.4) is 0 Å². The minimum Gasteiger partial charge on any atom is -0.618 e. The number of nitrogens with one attached hydrogen (secondary N) is 1. The molecule has 3 aromatic rings. The van der Waals surface area contributed by atoms with E-state index in [1.165, 1.54) is 12.3 Å². The molecule has 1 aliphatic rings. The van der Waals surface area contributed by atoms with Gasteiger partial charge in [0.15, 0.2) is 17.8 Å². The number of hydrogen-bond acceptors (Lipinski definition) is 5. The second-order valence-corrected chi connectivity index (χ2v) is 7.94. The van der Waals surface area contributed by atoms with Crippen molar-refractivity contribution in [1.82, 2.24) is 0 Å². The Morgan fingerprint density at radius 3 is 2.24 bits per heavy atom. The lowest BCUT2D eigenvalue weighted by Gasteiger charge is -2.18. The Hall–Kier alpha value is -3.45. The van der Waals surface area contributed by atoms with Crippen molar-refractivity contribution in [2.45, 2.75) is 17.2 Å². The Morgan fingerprint density at radius 2 is 1.55 bits per heavy atom. The van der Waals surface area contributed by atoms with Gasteiger partial charge in [0.2, 0.25) is 5.91 Å². The molecular formula is C22H16N2O4S. The van der Waals surface area contributed by atoms with Crippen LogP contribution in [-0.4, -0.2) is 22.7 Å². The molecule has 6 nitrogen and oxygen atoms in total. The van der Waals surface area contributed by atoms with Crippen molar-refractivity contribution in [3.8, 4) is 0 Å². The Kier molecular flexibility index (Phi) is 4.90. The largest absolute Gasteiger partial charge is 0.618 e. The van der Waals surface area contributed by atoms with Gasteiger partial charge in [-0.2, -0.15) is 4.73 Å². The van der Waals surface area contributed by atoms with Gasteiger partial charge in [-0.3, -0.25) is 14.4 Å². The molecule has 0 aliphatic heterocycles. The molecular weight excluding hydrogens is 388 g/mol. The third-order valence-electron chi connectivity index (χ3n) is 4.65. The normalized spacial score (nSPS) is 13.4. The van der Waals surface area contributed by atoms with Gasteiger partial charge in [-0.25, -0.2) is 0 Å². The average molecular weight is 404 g/mol. The molecule has 1 heterocycles. The van der Waals surface area contributed by atoms with E-state index in [-0.39, 0.29) is 23.0 Å². The third-order valence-corrected chi connectivity index (χ3v) is 5.77. The predicted octanol–water partition coefficient (Wildman–Crippen LogP) is 3.21. The molecule has 0 saturated heterocycles. The Labute approximate surface area is 171 Å². The first kappa shape index (κ1) is 18.9. The summed E-state index contributed by atoms with van der Waals surface area (Å²) in [5, 5.41) is 14.4. The molecule has 7 heteroatoms. The smallest absolute Gasteiger partial charge is 0.252 e. The molecule has 29 heavy (non-hydrogen) atoms. The molecule has 1 amide bonds. The summed E-state index contributed by atoms with van der Waals surface area (Å²) >= 11 is 1.14. The number of ketones is 2. The fraction of sp³-hybridized carbons (Fsp3) is 0.0909. The van der Waals surface area contributed by atoms with Crippen molar-refractivity contribution < 1.29 is 19.1 Å². The maximum Gasteiger partial charge on any atom is 0.252 e. The van der Waals surface area contributed by atoms with Crippen LogP contribution in [0.2, 0.25) is 0 Å². The van der Waals surface area contributed by atoms with Gasteiger partial charge < -0.3 is 10.5 Å². The van der Waals surface area contributed by atoms with Gasteiger partial charge in [0.1, 0.15) is 0 Å². The van der Waals surface area contributed by atoms with Crippen LogP contribution in [0.15, 0.2) is 71.9 Å². The highest BCUT2D eigenvalue weighted by molar-refractivity contribution is 8.00. The molecule has 0 unspecified atom stereocenters. The van der Waals surface area contributed by atoms with Crippen LogP contribution in [0.5, 0.6) is 0 Å². The molecule has 0 bridgehead atoms. The second kappa shape index (κ2) is 7.52. The van der Waals surface area contributed by atoms with Crippen molar-refractivity contribution in [2.24, 2.45) is 0 Å². The minimum atomic E-state index is -0.535. The first-order valence-electron chi connectivity index (χ1n) is 8.94. The Balaban J connectivity index is 1.55. The number of carbonyl (C=O) groups excluding carboxylic acids is 3.